The molecule has 0 saturated heterocycles. The molecule has 1 heteroatoms. The van der Waals surface area contributed by atoms with Crippen LogP contribution in [0.25, 0.3) is 5.57 Å². The number of benzene rings is 1. The van der Waals surface area contributed by atoms with Gasteiger partial charge in [-0.15, -0.1) is 0 Å². The molecule has 0 saturated carbocycles. The van der Waals surface area contributed by atoms with Crippen LogP contribution in [0.2, 0.25) is 0 Å². The van der Waals surface area contributed by atoms with E-state index in [2.05, 4.69) is 64.1 Å². The van der Waals surface area contributed by atoms with Crippen molar-refractivity contribution in [1.82, 2.24) is 0 Å². The first-order valence-electron chi connectivity index (χ1n) is 8.21. The van der Waals surface area contributed by atoms with Crippen molar-refractivity contribution in [3.05, 3.63) is 65.3 Å². The second kappa shape index (κ2) is 9.94. The summed E-state index contributed by atoms with van der Waals surface area (Å²) in [5.74, 6) is 0.678. The normalized spacial score (nSPS) is 13.1. The third kappa shape index (κ3) is 6.26. The lowest BCUT2D eigenvalue weighted by molar-refractivity contribution is 0.647. The highest BCUT2D eigenvalue weighted by Crippen LogP contribution is 2.22. The molecule has 118 valence electrons. The fourth-order valence-electron chi connectivity index (χ4n) is 2.50. The van der Waals surface area contributed by atoms with Gasteiger partial charge in [0.2, 0.25) is 0 Å². The van der Waals surface area contributed by atoms with Crippen LogP contribution in [0.5, 0.6) is 0 Å². The average Bonchev–Trinajstić information content (AvgIpc) is 2.50. The SMILES string of the molecule is C/C=C(\C=C(/CC)C/C=C\C=N)c1cccc(CC(C)C)c1. The van der Waals surface area contributed by atoms with Gasteiger partial charge in [0.25, 0.3) is 0 Å². The Balaban J connectivity index is 3.00. The first-order valence-corrected chi connectivity index (χ1v) is 8.21. The lowest BCUT2D eigenvalue weighted by Crippen LogP contribution is -1.95. The van der Waals surface area contributed by atoms with Gasteiger partial charge in [-0.2, -0.15) is 0 Å². The second-order valence-electron chi connectivity index (χ2n) is 6.00. The standard InChI is InChI=1S/C21H29N/c1-5-18(10-7-8-13-22)15-20(6-2)21-12-9-11-19(16-21)14-17(3)4/h6-9,11-13,15-17,22H,5,10,14H2,1-4H3/b8-7-,18-15+,20-6+,22-13?. The molecule has 0 aliphatic carbocycles. The number of hydrogen-bond donors (Lipinski definition) is 1. The van der Waals surface area contributed by atoms with E-state index in [4.69, 9.17) is 5.41 Å². The number of allylic oxidation sites excluding steroid dienone is 6. The van der Waals surface area contributed by atoms with Crippen LogP contribution in [-0.4, -0.2) is 6.21 Å². The van der Waals surface area contributed by atoms with Gasteiger partial charge < -0.3 is 5.41 Å². The van der Waals surface area contributed by atoms with Crippen LogP contribution < -0.4 is 0 Å². The Labute approximate surface area is 136 Å². The fourth-order valence-corrected chi connectivity index (χ4v) is 2.50. The van der Waals surface area contributed by atoms with Crippen molar-refractivity contribution in [2.24, 2.45) is 5.92 Å². The van der Waals surface area contributed by atoms with Crippen molar-refractivity contribution in [3.63, 3.8) is 0 Å². The Morgan fingerprint density at radius 2 is 2.05 bits per heavy atom. The molecule has 1 rings (SSSR count). The van der Waals surface area contributed by atoms with E-state index in [1.807, 2.05) is 6.08 Å². The van der Waals surface area contributed by atoms with E-state index in [0.717, 1.165) is 19.3 Å². The monoisotopic (exact) mass is 295 g/mol. The summed E-state index contributed by atoms with van der Waals surface area (Å²) in [6, 6.07) is 8.88. The average molecular weight is 295 g/mol. The Morgan fingerprint density at radius 1 is 1.27 bits per heavy atom. The van der Waals surface area contributed by atoms with Gasteiger partial charge in [-0.3, -0.25) is 0 Å². The molecule has 0 fully saturated rings. The van der Waals surface area contributed by atoms with Crippen LogP contribution in [0.15, 0.2) is 54.1 Å². The zero-order valence-electron chi connectivity index (χ0n) is 14.4. The van der Waals surface area contributed by atoms with E-state index >= 15 is 0 Å². The predicted octanol–water partition coefficient (Wildman–Crippen LogP) is 6.22. The van der Waals surface area contributed by atoms with E-state index in [1.54, 1.807) is 6.08 Å². The molecule has 0 aliphatic rings. The topological polar surface area (TPSA) is 23.9 Å². The summed E-state index contributed by atoms with van der Waals surface area (Å²) < 4.78 is 0. The molecule has 1 nitrogen and oxygen atoms in total. The maximum absolute atomic E-state index is 7.05. The molecule has 0 amide bonds. The third-order valence-corrected chi connectivity index (χ3v) is 3.64. The lowest BCUT2D eigenvalue weighted by Gasteiger charge is -2.10. The summed E-state index contributed by atoms with van der Waals surface area (Å²) in [6.45, 7) is 8.80. The molecule has 1 N–H and O–H groups in total. The third-order valence-electron chi connectivity index (χ3n) is 3.64. The summed E-state index contributed by atoms with van der Waals surface area (Å²) in [4.78, 5) is 0. The van der Waals surface area contributed by atoms with Crippen molar-refractivity contribution in [3.8, 4) is 0 Å². The Morgan fingerprint density at radius 3 is 2.64 bits per heavy atom. The summed E-state index contributed by atoms with van der Waals surface area (Å²) >= 11 is 0. The zero-order chi connectivity index (χ0) is 16.4. The largest absolute Gasteiger partial charge is 0.309 e. The van der Waals surface area contributed by atoms with Crippen LogP contribution in [0.1, 0.15) is 51.7 Å². The highest BCUT2D eigenvalue weighted by molar-refractivity contribution is 5.75. The molecule has 0 aliphatic heterocycles. The minimum absolute atomic E-state index is 0.678. The fraction of sp³-hybridized carbons (Fsp3) is 0.381. The minimum Gasteiger partial charge on any atom is -0.309 e. The molecule has 22 heavy (non-hydrogen) atoms. The molecule has 0 spiro atoms. The second-order valence-corrected chi connectivity index (χ2v) is 6.00. The Hall–Kier alpha value is -1.89. The molecule has 0 atom stereocenters. The smallest absolute Gasteiger partial charge is 0.0174 e. The summed E-state index contributed by atoms with van der Waals surface area (Å²) in [7, 11) is 0. The summed E-state index contributed by atoms with van der Waals surface area (Å²) in [5.41, 5.74) is 5.37. The van der Waals surface area contributed by atoms with Crippen LogP contribution >= 0.6 is 0 Å². The molecule has 0 aromatic heterocycles. The Kier molecular flexibility index (Phi) is 8.21. The number of nitrogens with one attached hydrogen (secondary N) is 1. The number of rotatable bonds is 8. The van der Waals surface area contributed by atoms with Crippen LogP contribution in [0.3, 0.4) is 0 Å². The molecular formula is C21H29N. The molecule has 0 radical (unpaired) electrons. The predicted molar refractivity (Wildman–Crippen MR) is 99.5 cm³/mol. The van der Waals surface area contributed by atoms with E-state index in [1.165, 1.54) is 28.5 Å². The van der Waals surface area contributed by atoms with Crippen LogP contribution in [-0.2, 0) is 6.42 Å². The summed E-state index contributed by atoms with van der Waals surface area (Å²) in [6.07, 6.45) is 12.7. The first-order chi connectivity index (χ1) is 10.6. The van der Waals surface area contributed by atoms with Gasteiger partial charge in [-0.1, -0.05) is 68.8 Å². The minimum atomic E-state index is 0.678. The van der Waals surface area contributed by atoms with Crippen molar-refractivity contribution in [1.29, 1.82) is 5.41 Å². The zero-order valence-corrected chi connectivity index (χ0v) is 14.4. The maximum atomic E-state index is 7.05. The van der Waals surface area contributed by atoms with Gasteiger partial charge in [0.15, 0.2) is 0 Å². The highest BCUT2D eigenvalue weighted by atomic mass is 14.3. The van der Waals surface area contributed by atoms with E-state index in [0.29, 0.717) is 5.92 Å². The molecule has 0 heterocycles. The van der Waals surface area contributed by atoms with Gasteiger partial charge in [-0.05, 0) is 54.9 Å². The molecular weight excluding hydrogens is 266 g/mol. The Bertz CT molecular complexity index is 559. The van der Waals surface area contributed by atoms with E-state index in [9.17, 15) is 0 Å². The number of hydrogen-bond acceptors (Lipinski definition) is 1. The van der Waals surface area contributed by atoms with Gasteiger partial charge in [0.1, 0.15) is 0 Å². The van der Waals surface area contributed by atoms with Gasteiger partial charge in [-0.25, -0.2) is 0 Å². The molecule has 1 aromatic carbocycles. The maximum Gasteiger partial charge on any atom is 0.0174 e. The first kappa shape index (κ1) is 18.2. The molecule has 1 aromatic rings. The van der Waals surface area contributed by atoms with Crippen LogP contribution in [0, 0.1) is 11.3 Å². The van der Waals surface area contributed by atoms with E-state index < -0.39 is 0 Å². The van der Waals surface area contributed by atoms with Crippen molar-refractivity contribution >= 4 is 11.8 Å². The molecule has 0 unspecified atom stereocenters. The van der Waals surface area contributed by atoms with Crippen molar-refractivity contribution in [2.45, 2.75) is 47.0 Å². The lowest BCUT2D eigenvalue weighted by atomic mass is 9.96. The van der Waals surface area contributed by atoms with E-state index in [-0.39, 0.29) is 0 Å². The summed E-state index contributed by atoms with van der Waals surface area (Å²) in [5, 5.41) is 7.05. The van der Waals surface area contributed by atoms with Gasteiger partial charge >= 0.3 is 0 Å². The van der Waals surface area contributed by atoms with Gasteiger partial charge in [0, 0.05) is 6.21 Å². The van der Waals surface area contributed by atoms with Crippen molar-refractivity contribution in [2.75, 3.05) is 0 Å². The van der Waals surface area contributed by atoms with Crippen molar-refractivity contribution < 1.29 is 0 Å². The van der Waals surface area contributed by atoms with Gasteiger partial charge in [0.05, 0.1) is 0 Å². The van der Waals surface area contributed by atoms with Crippen LogP contribution in [0.4, 0.5) is 0 Å². The quantitative estimate of drug-likeness (QED) is 0.435. The molecule has 0 bridgehead atoms. The highest BCUT2D eigenvalue weighted by Gasteiger charge is 2.03.